The van der Waals surface area contributed by atoms with Crippen molar-refractivity contribution in [2.45, 2.75) is 6.92 Å². The van der Waals surface area contributed by atoms with Crippen molar-refractivity contribution < 1.29 is 12.8 Å². The first-order chi connectivity index (χ1) is 7.28. The van der Waals surface area contributed by atoms with E-state index in [2.05, 4.69) is 24.3 Å². The Morgan fingerprint density at radius 2 is 2.00 bits per heavy atom. The number of anilines is 1. The molecule has 9 heteroatoms. The highest BCUT2D eigenvalue weighted by molar-refractivity contribution is 7.90. The molecule has 1 aromatic rings. The molecule has 0 bridgehead atoms. The molecule has 16 heavy (non-hydrogen) atoms. The van der Waals surface area contributed by atoms with Gasteiger partial charge in [-0.3, -0.25) is 0 Å². The van der Waals surface area contributed by atoms with Crippen LogP contribution in [0.15, 0.2) is 0 Å². The molecule has 0 fully saturated rings. The summed E-state index contributed by atoms with van der Waals surface area (Å²) in [6.07, 6.45) is 0.249. The lowest BCUT2D eigenvalue weighted by atomic mass is 10.6. The first-order valence-electron chi connectivity index (χ1n) is 4.36. The highest BCUT2D eigenvalue weighted by Gasteiger charge is 2.11. The number of hydrogen-bond donors (Lipinski definition) is 0. The quantitative estimate of drug-likeness (QED) is 0.712. The molecular formula is C7H12FN4O2PS. The summed E-state index contributed by atoms with van der Waals surface area (Å²) in [6.45, 7) is 1.70. The van der Waals surface area contributed by atoms with E-state index in [-0.39, 0.29) is 24.1 Å². The maximum Gasteiger partial charge on any atom is 0.313 e. The van der Waals surface area contributed by atoms with Crippen molar-refractivity contribution in [1.82, 2.24) is 15.0 Å². The number of nitrogens with zero attached hydrogens (tertiary/aromatic N) is 4. The Labute approximate surface area is 95.5 Å². The van der Waals surface area contributed by atoms with Crippen LogP contribution in [-0.4, -0.2) is 41.9 Å². The van der Waals surface area contributed by atoms with Gasteiger partial charge in [0, 0.05) is 12.8 Å². The van der Waals surface area contributed by atoms with Crippen molar-refractivity contribution in [1.29, 1.82) is 0 Å². The fourth-order valence-corrected chi connectivity index (χ4v) is 1.89. The van der Waals surface area contributed by atoms with Gasteiger partial charge < -0.3 is 4.67 Å². The van der Waals surface area contributed by atoms with Gasteiger partial charge in [-0.05, 0) is 16.3 Å². The van der Waals surface area contributed by atoms with Crippen LogP contribution < -0.4 is 4.67 Å². The minimum Gasteiger partial charge on any atom is -0.324 e. The minimum atomic E-state index is -3.07. The van der Waals surface area contributed by atoms with Crippen molar-refractivity contribution >= 4 is 25.2 Å². The van der Waals surface area contributed by atoms with Gasteiger partial charge in [0.05, 0.1) is 5.75 Å². The minimum absolute atomic E-state index is 0.0527. The predicted molar refractivity (Wildman–Crippen MR) is 61.3 cm³/mol. The van der Waals surface area contributed by atoms with Gasteiger partial charge in [0.1, 0.15) is 15.7 Å². The standard InChI is InChI=1S/C7H12FN4O2PS/c1-5-9-6(8)11-7(10-5)12(15)3-4-16(2,13)14/h3-4,15H2,1-2H3. The lowest BCUT2D eigenvalue weighted by molar-refractivity contribution is 0.528. The molecule has 0 spiro atoms. The first-order valence-corrected chi connectivity index (χ1v) is 6.94. The molecule has 0 aromatic carbocycles. The second kappa shape index (κ2) is 4.97. The highest BCUT2D eigenvalue weighted by atomic mass is 32.2. The highest BCUT2D eigenvalue weighted by Crippen LogP contribution is 2.12. The molecule has 0 aliphatic heterocycles. The zero-order valence-corrected chi connectivity index (χ0v) is 10.9. The van der Waals surface area contributed by atoms with E-state index in [1.807, 2.05) is 0 Å². The summed E-state index contributed by atoms with van der Waals surface area (Å²) < 4.78 is 36.1. The molecule has 0 aliphatic carbocycles. The SMILES string of the molecule is Cc1nc(F)nc(N(P)CCS(C)(=O)=O)n1. The molecule has 90 valence electrons. The van der Waals surface area contributed by atoms with Crippen LogP contribution in [0.25, 0.3) is 0 Å². The van der Waals surface area contributed by atoms with Gasteiger partial charge in [-0.2, -0.15) is 19.3 Å². The van der Waals surface area contributed by atoms with Crippen LogP contribution in [0.3, 0.4) is 0 Å². The Bertz CT molecular complexity index is 461. The Morgan fingerprint density at radius 1 is 1.38 bits per heavy atom. The van der Waals surface area contributed by atoms with Crippen LogP contribution in [0, 0.1) is 13.0 Å². The average Bonchev–Trinajstić information content (AvgIpc) is 2.11. The zero-order chi connectivity index (χ0) is 12.3. The van der Waals surface area contributed by atoms with Crippen LogP contribution in [0.4, 0.5) is 10.3 Å². The van der Waals surface area contributed by atoms with Gasteiger partial charge >= 0.3 is 6.08 Å². The van der Waals surface area contributed by atoms with Gasteiger partial charge in [0.25, 0.3) is 0 Å². The van der Waals surface area contributed by atoms with Gasteiger partial charge in [-0.15, -0.1) is 0 Å². The second-order valence-electron chi connectivity index (χ2n) is 3.27. The van der Waals surface area contributed by atoms with Gasteiger partial charge in [-0.1, -0.05) is 0 Å². The van der Waals surface area contributed by atoms with E-state index in [0.717, 1.165) is 6.26 Å². The smallest absolute Gasteiger partial charge is 0.313 e. The number of halogens is 1. The molecule has 0 aliphatic rings. The van der Waals surface area contributed by atoms with Crippen LogP contribution in [0.2, 0.25) is 0 Å². The second-order valence-corrected chi connectivity index (χ2v) is 6.16. The summed E-state index contributed by atoms with van der Waals surface area (Å²) in [5.41, 5.74) is 0. The van der Waals surface area contributed by atoms with E-state index >= 15 is 0 Å². The molecule has 1 aromatic heterocycles. The Kier molecular flexibility index (Phi) is 4.09. The Balaban J connectivity index is 2.76. The molecule has 1 heterocycles. The molecule has 1 atom stereocenters. The third-order valence-electron chi connectivity index (χ3n) is 1.67. The molecule has 0 amide bonds. The van der Waals surface area contributed by atoms with E-state index < -0.39 is 15.9 Å². The molecule has 0 saturated carbocycles. The van der Waals surface area contributed by atoms with Crippen LogP contribution in [0.1, 0.15) is 5.82 Å². The van der Waals surface area contributed by atoms with Crippen LogP contribution in [-0.2, 0) is 9.84 Å². The van der Waals surface area contributed by atoms with Gasteiger partial charge in [0.2, 0.25) is 5.95 Å². The third kappa shape index (κ3) is 4.32. The summed E-state index contributed by atoms with van der Waals surface area (Å²) >= 11 is 0. The van der Waals surface area contributed by atoms with Crippen molar-refractivity contribution in [2.24, 2.45) is 0 Å². The van der Waals surface area contributed by atoms with Crippen LogP contribution >= 0.6 is 9.39 Å². The predicted octanol–water partition coefficient (Wildman–Crippen LogP) is -0.0398. The molecule has 6 nitrogen and oxygen atoms in total. The molecule has 0 saturated heterocycles. The number of aromatic nitrogens is 3. The topological polar surface area (TPSA) is 76.1 Å². The molecule has 1 rings (SSSR count). The van der Waals surface area contributed by atoms with E-state index in [1.54, 1.807) is 0 Å². The molecular weight excluding hydrogens is 254 g/mol. The summed E-state index contributed by atoms with van der Waals surface area (Å²) in [6, 6.07) is 0. The Morgan fingerprint density at radius 3 is 2.50 bits per heavy atom. The lowest BCUT2D eigenvalue weighted by Gasteiger charge is -2.15. The summed E-state index contributed by atoms with van der Waals surface area (Å²) in [5, 5.41) is 0. The van der Waals surface area contributed by atoms with Crippen molar-refractivity contribution in [3.63, 3.8) is 0 Å². The molecule has 1 unspecified atom stereocenters. The first kappa shape index (κ1) is 13.2. The van der Waals surface area contributed by atoms with E-state index in [9.17, 15) is 12.8 Å². The fraction of sp³-hybridized carbons (Fsp3) is 0.571. The third-order valence-corrected chi connectivity index (χ3v) is 3.08. The number of hydrogen-bond acceptors (Lipinski definition) is 6. The van der Waals surface area contributed by atoms with Gasteiger partial charge in [0.15, 0.2) is 0 Å². The van der Waals surface area contributed by atoms with Crippen molar-refractivity contribution in [3.05, 3.63) is 11.9 Å². The van der Waals surface area contributed by atoms with Crippen LogP contribution in [0.5, 0.6) is 0 Å². The van der Waals surface area contributed by atoms with Crippen molar-refractivity contribution in [2.75, 3.05) is 23.2 Å². The molecule has 0 radical (unpaired) electrons. The van der Waals surface area contributed by atoms with Gasteiger partial charge in [-0.25, -0.2) is 8.42 Å². The maximum atomic E-state index is 12.8. The normalized spacial score (nSPS) is 11.5. The average molecular weight is 266 g/mol. The summed E-state index contributed by atoms with van der Waals surface area (Å²) in [4.78, 5) is 10.7. The van der Waals surface area contributed by atoms with E-state index in [4.69, 9.17) is 0 Å². The van der Waals surface area contributed by atoms with E-state index in [0.29, 0.717) is 0 Å². The number of sulfone groups is 1. The number of rotatable bonds is 4. The fourth-order valence-electron chi connectivity index (χ4n) is 0.928. The molecule has 0 N–H and O–H groups in total. The van der Waals surface area contributed by atoms with Crippen molar-refractivity contribution in [3.8, 4) is 0 Å². The largest absolute Gasteiger partial charge is 0.324 e. The summed E-state index contributed by atoms with van der Waals surface area (Å²) in [7, 11) is -0.822. The maximum absolute atomic E-state index is 12.8. The monoisotopic (exact) mass is 266 g/mol. The number of aryl methyl sites for hydroxylation is 1. The summed E-state index contributed by atoms with van der Waals surface area (Å²) in [5.74, 6) is 0.288. The van der Waals surface area contributed by atoms with E-state index in [1.165, 1.54) is 11.6 Å². The lowest BCUT2D eigenvalue weighted by Crippen LogP contribution is -2.22. The Hall–Kier alpha value is -0.880. The zero-order valence-electron chi connectivity index (χ0n) is 8.88.